The van der Waals surface area contributed by atoms with E-state index in [1.54, 1.807) is 6.92 Å². The first-order valence-corrected chi connectivity index (χ1v) is 10.5. The molecule has 1 aliphatic carbocycles. The zero-order valence-corrected chi connectivity index (χ0v) is 18.7. The normalized spacial score (nSPS) is 20.9. The molecule has 0 bridgehead atoms. The molecule has 6 nitrogen and oxygen atoms in total. The number of ketones is 1. The standard InChI is InChI=1S/C22H26BrNO5/c1-5-27-15-8-7-12(23)9-13(15)17-18-14(25)10-22(3,4)11-16(18)29-20(24)19(17)21(26)28-6-2/h7-9,17H,5-6,10-11,24H2,1-4H3. The molecule has 156 valence electrons. The fraction of sp³-hybridized carbons (Fsp3) is 0.455. The Labute approximate surface area is 179 Å². The van der Waals surface area contributed by atoms with Crippen LogP contribution in [0, 0.1) is 5.41 Å². The summed E-state index contributed by atoms with van der Waals surface area (Å²) in [6.45, 7) is 8.25. The molecule has 1 heterocycles. The quantitative estimate of drug-likeness (QED) is 0.653. The van der Waals surface area contributed by atoms with Crippen LogP contribution in [0.4, 0.5) is 0 Å². The number of Topliss-reactive ketones (excluding diaryl/α,β-unsaturated/α-hetero) is 1. The van der Waals surface area contributed by atoms with Gasteiger partial charge in [-0.05, 0) is 37.5 Å². The van der Waals surface area contributed by atoms with E-state index in [1.807, 2.05) is 39.0 Å². The SMILES string of the molecule is CCOC(=O)C1=C(N)OC2=C(C(=O)CC(C)(C)C2)C1c1cc(Br)ccc1OCC. The minimum atomic E-state index is -0.708. The zero-order chi connectivity index (χ0) is 21.3. The van der Waals surface area contributed by atoms with Crippen LogP contribution in [0.2, 0.25) is 0 Å². The number of rotatable bonds is 5. The fourth-order valence-electron chi connectivity index (χ4n) is 3.94. The molecule has 0 saturated carbocycles. The Hall–Kier alpha value is -2.28. The van der Waals surface area contributed by atoms with Crippen molar-refractivity contribution in [2.45, 2.75) is 46.5 Å². The Balaban J connectivity index is 2.25. The van der Waals surface area contributed by atoms with E-state index in [9.17, 15) is 9.59 Å². The average Bonchev–Trinajstić information content (AvgIpc) is 2.61. The van der Waals surface area contributed by atoms with Gasteiger partial charge in [-0.3, -0.25) is 4.79 Å². The lowest BCUT2D eigenvalue weighted by molar-refractivity contribution is -0.139. The summed E-state index contributed by atoms with van der Waals surface area (Å²) >= 11 is 3.49. The van der Waals surface area contributed by atoms with Crippen LogP contribution in [0.15, 0.2) is 45.5 Å². The molecule has 1 aromatic carbocycles. The summed E-state index contributed by atoms with van der Waals surface area (Å²) in [4.78, 5) is 26.0. The van der Waals surface area contributed by atoms with Gasteiger partial charge in [0.05, 0.1) is 19.1 Å². The molecule has 0 spiro atoms. The van der Waals surface area contributed by atoms with E-state index < -0.39 is 11.9 Å². The first-order chi connectivity index (χ1) is 13.7. The lowest BCUT2D eigenvalue weighted by Gasteiger charge is -2.38. The summed E-state index contributed by atoms with van der Waals surface area (Å²) in [5.74, 6) is -0.286. The molecule has 7 heteroatoms. The minimum Gasteiger partial charge on any atom is -0.494 e. The van der Waals surface area contributed by atoms with Crippen LogP contribution in [0.1, 0.15) is 52.0 Å². The highest BCUT2D eigenvalue weighted by Crippen LogP contribution is 2.50. The summed E-state index contributed by atoms with van der Waals surface area (Å²) in [7, 11) is 0. The van der Waals surface area contributed by atoms with Crippen LogP contribution in [-0.2, 0) is 19.1 Å². The summed E-state index contributed by atoms with van der Waals surface area (Å²) in [6, 6.07) is 5.52. The molecule has 2 N–H and O–H groups in total. The molecule has 1 aliphatic heterocycles. The van der Waals surface area contributed by atoms with Gasteiger partial charge in [-0.1, -0.05) is 29.8 Å². The number of hydrogen-bond acceptors (Lipinski definition) is 6. The predicted octanol–water partition coefficient (Wildman–Crippen LogP) is 4.34. The second-order valence-corrected chi connectivity index (χ2v) is 8.84. The van der Waals surface area contributed by atoms with Crippen molar-refractivity contribution in [2.24, 2.45) is 11.1 Å². The minimum absolute atomic E-state index is 0.0277. The molecule has 0 amide bonds. The maximum Gasteiger partial charge on any atom is 0.340 e. The van der Waals surface area contributed by atoms with Gasteiger partial charge in [-0.25, -0.2) is 4.79 Å². The number of benzene rings is 1. The number of nitrogens with two attached hydrogens (primary N) is 1. The molecule has 0 aromatic heterocycles. The van der Waals surface area contributed by atoms with Gasteiger partial charge in [0.25, 0.3) is 0 Å². The van der Waals surface area contributed by atoms with Crippen molar-refractivity contribution in [1.82, 2.24) is 0 Å². The summed E-state index contributed by atoms with van der Waals surface area (Å²) in [6.07, 6.45) is 0.916. The Morgan fingerprint density at radius 3 is 2.66 bits per heavy atom. The number of hydrogen-bond donors (Lipinski definition) is 1. The van der Waals surface area contributed by atoms with Gasteiger partial charge in [-0.15, -0.1) is 0 Å². The Bertz CT molecular complexity index is 916. The maximum absolute atomic E-state index is 13.2. The van der Waals surface area contributed by atoms with E-state index in [1.165, 1.54) is 0 Å². The third-order valence-electron chi connectivity index (χ3n) is 5.03. The van der Waals surface area contributed by atoms with Crippen molar-refractivity contribution in [3.8, 4) is 5.75 Å². The van der Waals surface area contributed by atoms with Gasteiger partial charge in [0.15, 0.2) is 5.78 Å². The molecule has 2 aliphatic rings. The molecular formula is C22H26BrNO5. The van der Waals surface area contributed by atoms with Crippen molar-refractivity contribution in [3.05, 3.63) is 51.0 Å². The second-order valence-electron chi connectivity index (χ2n) is 7.93. The van der Waals surface area contributed by atoms with E-state index in [0.29, 0.717) is 42.1 Å². The van der Waals surface area contributed by atoms with E-state index in [4.69, 9.17) is 19.9 Å². The van der Waals surface area contributed by atoms with E-state index >= 15 is 0 Å². The molecule has 1 atom stereocenters. The maximum atomic E-state index is 13.2. The predicted molar refractivity (Wildman–Crippen MR) is 112 cm³/mol. The zero-order valence-electron chi connectivity index (χ0n) is 17.1. The van der Waals surface area contributed by atoms with Crippen LogP contribution < -0.4 is 10.5 Å². The largest absolute Gasteiger partial charge is 0.494 e. The van der Waals surface area contributed by atoms with Gasteiger partial charge in [0.1, 0.15) is 17.1 Å². The third kappa shape index (κ3) is 4.20. The van der Waals surface area contributed by atoms with E-state index in [0.717, 1.165) is 4.47 Å². The summed E-state index contributed by atoms with van der Waals surface area (Å²) in [5, 5.41) is 0. The molecule has 0 fully saturated rings. The monoisotopic (exact) mass is 463 g/mol. The lowest BCUT2D eigenvalue weighted by Crippen LogP contribution is -2.35. The average molecular weight is 464 g/mol. The van der Waals surface area contributed by atoms with Crippen molar-refractivity contribution >= 4 is 27.7 Å². The summed E-state index contributed by atoms with van der Waals surface area (Å²) < 4.78 is 17.7. The number of halogens is 1. The first kappa shape index (κ1) is 21.4. The Morgan fingerprint density at radius 1 is 1.28 bits per heavy atom. The van der Waals surface area contributed by atoms with Gasteiger partial charge in [-0.2, -0.15) is 0 Å². The van der Waals surface area contributed by atoms with Crippen molar-refractivity contribution in [1.29, 1.82) is 0 Å². The van der Waals surface area contributed by atoms with Crippen LogP contribution in [0.25, 0.3) is 0 Å². The highest BCUT2D eigenvalue weighted by Gasteiger charge is 2.45. The van der Waals surface area contributed by atoms with Crippen LogP contribution in [-0.4, -0.2) is 25.0 Å². The fourth-order valence-corrected chi connectivity index (χ4v) is 4.31. The molecule has 29 heavy (non-hydrogen) atoms. The molecular weight excluding hydrogens is 438 g/mol. The number of carbonyl (C=O) groups excluding carboxylic acids is 2. The Morgan fingerprint density at radius 2 is 2.00 bits per heavy atom. The third-order valence-corrected chi connectivity index (χ3v) is 5.53. The smallest absolute Gasteiger partial charge is 0.340 e. The van der Waals surface area contributed by atoms with Crippen molar-refractivity contribution in [2.75, 3.05) is 13.2 Å². The molecule has 0 radical (unpaired) electrons. The second kappa shape index (κ2) is 8.22. The molecule has 0 saturated heterocycles. The van der Waals surface area contributed by atoms with Crippen LogP contribution >= 0.6 is 15.9 Å². The van der Waals surface area contributed by atoms with Gasteiger partial charge >= 0.3 is 5.97 Å². The highest BCUT2D eigenvalue weighted by molar-refractivity contribution is 9.10. The molecule has 3 rings (SSSR count). The number of ether oxygens (including phenoxy) is 3. The van der Waals surface area contributed by atoms with Gasteiger partial charge < -0.3 is 19.9 Å². The lowest BCUT2D eigenvalue weighted by atomic mass is 9.70. The van der Waals surface area contributed by atoms with Gasteiger partial charge in [0, 0.05) is 28.5 Å². The van der Waals surface area contributed by atoms with E-state index in [-0.39, 0.29) is 29.3 Å². The topological polar surface area (TPSA) is 87.9 Å². The van der Waals surface area contributed by atoms with Crippen LogP contribution in [0.5, 0.6) is 5.75 Å². The number of allylic oxidation sites excluding steroid dienone is 2. The van der Waals surface area contributed by atoms with Crippen molar-refractivity contribution < 1.29 is 23.8 Å². The van der Waals surface area contributed by atoms with Crippen molar-refractivity contribution in [3.63, 3.8) is 0 Å². The number of carbonyl (C=O) groups is 2. The van der Waals surface area contributed by atoms with E-state index in [2.05, 4.69) is 15.9 Å². The molecule has 1 aromatic rings. The van der Waals surface area contributed by atoms with Crippen LogP contribution in [0.3, 0.4) is 0 Å². The first-order valence-electron chi connectivity index (χ1n) is 9.71. The number of esters is 1. The molecule has 1 unspecified atom stereocenters. The van der Waals surface area contributed by atoms with Gasteiger partial charge in [0.2, 0.25) is 5.88 Å². The Kier molecular flexibility index (Phi) is 6.08. The summed E-state index contributed by atoms with van der Waals surface area (Å²) in [5.41, 5.74) is 7.22. The highest BCUT2D eigenvalue weighted by atomic mass is 79.9.